The van der Waals surface area contributed by atoms with E-state index in [0.29, 0.717) is 10.5 Å². The Hall–Kier alpha value is -2.94. The highest BCUT2D eigenvalue weighted by Gasteiger charge is 2.46. The van der Waals surface area contributed by atoms with Gasteiger partial charge in [-0.25, -0.2) is 4.39 Å². The third kappa shape index (κ3) is 5.61. The number of benzene rings is 2. The van der Waals surface area contributed by atoms with Crippen LogP contribution in [0.1, 0.15) is 18.4 Å². The van der Waals surface area contributed by atoms with Crippen molar-refractivity contribution in [3.05, 3.63) is 66.0 Å². The van der Waals surface area contributed by atoms with E-state index in [4.69, 9.17) is 5.73 Å². The zero-order chi connectivity index (χ0) is 22.6. The van der Waals surface area contributed by atoms with E-state index in [0.717, 1.165) is 0 Å². The largest absolute Gasteiger partial charge is 0.471 e. The molecule has 0 radical (unpaired) electrons. The number of para-hydroxylation sites is 1. The third-order valence-corrected chi connectivity index (χ3v) is 5.25. The molecule has 1 saturated heterocycles. The third-order valence-electron chi connectivity index (χ3n) is 5.25. The van der Waals surface area contributed by atoms with Crippen LogP contribution in [0.5, 0.6) is 0 Å². The van der Waals surface area contributed by atoms with Gasteiger partial charge < -0.3 is 10.6 Å². The van der Waals surface area contributed by atoms with Gasteiger partial charge in [0.05, 0.1) is 6.04 Å². The van der Waals surface area contributed by atoms with Crippen molar-refractivity contribution in [2.24, 2.45) is 5.73 Å². The second-order valence-electron chi connectivity index (χ2n) is 7.55. The average Bonchev–Trinajstić information content (AvgIpc) is 3.20. The zero-order valence-electron chi connectivity index (χ0n) is 16.7. The molecule has 1 aliphatic rings. The van der Waals surface area contributed by atoms with Crippen molar-refractivity contribution in [2.75, 3.05) is 18.0 Å². The molecule has 166 valence electrons. The predicted octanol–water partition coefficient (Wildman–Crippen LogP) is 3.28. The van der Waals surface area contributed by atoms with Crippen molar-refractivity contribution in [2.45, 2.75) is 37.5 Å². The van der Waals surface area contributed by atoms with Crippen LogP contribution in [0.3, 0.4) is 0 Å². The number of anilines is 1. The molecule has 2 N–H and O–H groups in total. The summed E-state index contributed by atoms with van der Waals surface area (Å²) in [6, 6.07) is 12.3. The van der Waals surface area contributed by atoms with Gasteiger partial charge in [-0.1, -0.05) is 36.4 Å². The van der Waals surface area contributed by atoms with E-state index in [9.17, 15) is 27.2 Å². The number of carbonyl (C=O) groups excluding carboxylic acids is 2. The number of rotatable bonds is 6. The monoisotopic (exact) mass is 437 g/mol. The summed E-state index contributed by atoms with van der Waals surface area (Å²) in [5.41, 5.74) is 6.53. The summed E-state index contributed by atoms with van der Waals surface area (Å²) < 4.78 is 53.3. The van der Waals surface area contributed by atoms with Gasteiger partial charge in [-0.15, -0.1) is 0 Å². The number of alkyl halides is 3. The minimum Gasteiger partial charge on any atom is -0.340 e. The summed E-state index contributed by atoms with van der Waals surface area (Å²) in [5, 5.41) is 0. The van der Waals surface area contributed by atoms with Crippen LogP contribution in [0.2, 0.25) is 0 Å². The number of hydrogen-bond donors (Lipinski definition) is 1. The van der Waals surface area contributed by atoms with Gasteiger partial charge in [0.2, 0.25) is 5.91 Å². The van der Waals surface area contributed by atoms with Crippen molar-refractivity contribution >= 4 is 17.5 Å². The van der Waals surface area contributed by atoms with Crippen LogP contribution < -0.4 is 10.6 Å². The van der Waals surface area contributed by atoms with Gasteiger partial charge in [0, 0.05) is 31.2 Å². The lowest BCUT2D eigenvalue weighted by atomic mass is 10.0. The number of likely N-dealkylation sites (tertiary alicyclic amines) is 1. The van der Waals surface area contributed by atoms with E-state index >= 15 is 0 Å². The van der Waals surface area contributed by atoms with Crippen LogP contribution in [0.15, 0.2) is 54.6 Å². The van der Waals surface area contributed by atoms with Crippen LogP contribution in [-0.2, 0) is 16.0 Å². The minimum atomic E-state index is -5.03. The summed E-state index contributed by atoms with van der Waals surface area (Å²) in [7, 11) is 0. The van der Waals surface area contributed by atoms with E-state index in [1.165, 1.54) is 23.1 Å². The van der Waals surface area contributed by atoms with Crippen LogP contribution in [0, 0.1) is 5.82 Å². The molecule has 5 nitrogen and oxygen atoms in total. The first-order valence-corrected chi connectivity index (χ1v) is 9.89. The van der Waals surface area contributed by atoms with Gasteiger partial charge in [0.1, 0.15) is 5.82 Å². The molecule has 0 unspecified atom stereocenters. The second-order valence-corrected chi connectivity index (χ2v) is 7.55. The second kappa shape index (κ2) is 9.47. The maximum absolute atomic E-state index is 13.8. The molecule has 0 bridgehead atoms. The number of hydrogen-bond acceptors (Lipinski definition) is 3. The molecule has 3 rings (SSSR count). The Labute approximate surface area is 177 Å². The zero-order valence-corrected chi connectivity index (χ0v) is 16.7. The average molecular weight is 437 g/mol. The maximum Gasteiger partial charge on any atom is 0.471 e. The highest BCUT2D eigenvalue weighted by molar-refractivity contribution is 5.98. The first-order valence-electron chi connectivity index (χ1n) is 9.89. The lowest BCUT2D eigenvalue weighted by molar-refractivity contribution is -0.171. The Morgan fingerprint density at radius 3 is 2.39 bits per heavy atom. The topological polar surface area (TPSA) is 66.6 Å². The first-order chi connectivity index (χ1) is 14.7. The number of carbonyl (C=O) groups is 2. The molecule has 0 aromatic heterocycles. The fourth-order valence-corrected chi connectivity index (χ4v) is 3.77. The maximum atomic E-state index is 13.8. The van der Waals surface area contributed by atoms with Crippen molar-refractivity contribution in [1.82, 2.24) is 4.90 Å². The summed E-state index contributed by atoms with van der Waals surface area (Å²) in [5.74, 6) is -2.70. The number of nitrogens with zero attached hydrogens (tertiary/aromatic N) is 2. The SMILES string of the molecule is N[C@@H](CC(=O)N1CC[C@@H](N(C(=O)C(F)(F)F)c2ccccc2)C1)Cc1ccccc1F. The van der Waals surface area contributed by atoms with E-state index in [1.807, 2.05) is 0 Å². The number of amides is 2. The molecular formula is C22H23F4N3O2. The van der Waals surface area contributed by atoms with Gasteiger partial charge in [-0.3, -0.25) is 14.5 Å². The quantitative estimate of drug-likeness (QED) is 0.706. The Morgan fingerprint density at radius 2 is 1.74 bits per heavy atom. The summed E-state index contributed by atoms with van der Waals surface area (Å²) in [6.07, 6.45) is -4.72. The molecule has 2 atom stereocenters. The molecule has 0 saturated carbocycles. The lowest BCUT2D eigenvalue weighted by Crippen LogP contribution is -2.49. The van der Waals surface area contributed by atoms with Gasteiger partial charge in [-0.2, -0.15) is 13.2 Å². The Morgan fingerprint density at radius 1 is 1.10 bits per heavy atom. The molecule has 2 aromatic rings. The summed E-state index contributed by atoms with van der Waals surface area (Å²) >= 11 is 0. The van der Waals surface area contributed by atoms with Crippen LogP contribution >= 0.6 is 0 Å². The van der Waals surface area contributed by atoms with Crippen LogP contribution in [0.4, 0.5) is 23.2 Å². The summed E-state index contributed by atoms with van der Waals surface area (Å²) in [4.78, 5) is 26.8. The molecule has 0 aliphatic carbocycles. The smallest absolute Gasteiger partial charge is 0.340 e. The minimum absolute atomic E-state index is 0.0258. The van der Waals surface area contributed by atoms with Crippen molar-refractivity contribution < 1.29 is 27.2 Å². The molecule has 31 heavy (non-hydrogen) atoms. The highest BCUT2D eigenvalue weighted by atomic mass is 19.4. The standard InChI is InChI=1S/C22H23F4N3O2/c23-19-9-5-4-6-15(19)12-16(27)13-20(30)28-11-10-18(14-28)29(21(31)22(24,25)26)17-7-2-1-3-8-17/h1-9,16,18H,10-14,27H2/t16-,18-/m1/s1. The molecule has 9 heteroatoms. The Balaban J connectivity index is 1.66. The van der Waals surface area contributed by atoms with E-state index in [1.54, 1.807) is 36.4 Å². The number of nitrogens with two attached hydrogens (primary N) is 1. The predicted molar refractivity (Wildman–Crippen MR) is 108 cm³/mol. The molecule has 2 amide bonds. The van der Waals surface area contributed by atoms with Gasteiger partial charge in [0.25, 0.3) is 0 Å². The van der Waals surface area contributed by atoms with Crippen molar-refractivity contribution in [3.8, 4) is 0 Å². The first kappa shape index (κ1) is 22.7. The lowest BCUT2D eigenvalue weighted by Gasteiger charge is -2.30. The molecular weight excluding hydrogens is 414 g/mol. The van der Waals surface area contributed by atoms with Crippen molar-refractivity contribution in [1.29, 1.82) is 0 Å². The fourth-order valence-electron chi connectivity index (χ4n) is 3.77. The summed E-state index contributed by atoms with van der Waals surface area (Å²) in [6.45, 7) is 0.187. The molecule has 1 aliphatic heterocycles. The van der Waals surface area contributed by atoms with Crippen molar-refractivity contribution in [3.63, 3.8) is 0 Å². The Kier molecular flexibility index (Phi) is 6.94. The molecule has 0 spiro atoms. The normalized spacial score (nSPS) is 17.5. The molecule has 1 fully saturated rings. The van der Waals surface area contributed by atoms with E-state index < -0.39 is 30.0 Å². The van der Waals surface area contributed by atoms with Gasteiger partial charge in [0.15, 0.2) is 0 Å². The van der Waals surface area contributed by atoms with E-state index in [-0.39, 0.29) is 43.9 Å². The van der Waals surface area contributed by atoms with Gasteiger partial charge >= 0.3 is 12.1 Å². The van der Waals surface area contributed by atoms with Gasteiger partial charge in [-0.05, 0) is 36.6 Å². The Bertz CT molecular complexity index is 920. The van der Waals surface area contributed by atoms with Crippen LogP contribution in [-0.4, -0.2) is 48.1 Å². The fraction of sp³-hybridized carbons (Fsp3) is 0.364. The number of halogens is 4. The van der Waals surface area contributed by atoms with Crippen LogP contribution in [0.25, 0.3) is 0 Å². The molecule has 1 heterocycles. The highest BCUT2D eigenvalue weighted by Crippen LogP contribution is 2.29. The molecule has 2 aromatic carbocycles. The van der Waals surface area contributed by atoms with E-state index in [2.05, 4.69) is 0 Å².